The zero-order valence-corrected chi connectivity index (χ0v) is 12.3. The first kappa shape index (κ1) is 14.0. The second kappa shape index (κ2) is 5.09. The van der Waals surface area contributed by atoms with E-state index < -0.39 is 10.0 Å². The van der Waals surface area contributed by atoms with Crippen LogP contribution in [-0.2, 0) is 21.3 Å². The normalized spacial score (nSPS) is 29.2. The van der Waals surface area contributed by atoms with Gasteiger partial charge in [-0.05, 0) is 31.1 Å². The maximum Gasteiger partial charge on any atom is 0.273 e. The van der Waals surface area contributed by atoms with E-state index in [9.17, 15) is 8.42 Å². The molecule has 2 bridgehead atoms. The molecule has 0 spiro atoms. The minimum absolute atomic E-state index is 0.146. The molecule has 0 radical (unpaired) electrons. The molecule has 2 aliphatic rings. The van der Waals surface area contributed by atoms with Crippen molar-refractivity contribution in [1.82, 2.24) is 14.8 Å². The molecule has 8 heteroatoms. The van der Waals surface area contributed by atoms with Crippen LogP contribution in [0.5, 0.6) is 0 Å². The fourth-order valence-electron chi connectivity index (χ4n) is 3.74. The molecule has 2 saturated carbocycles. The van der Waals surface area contributed by atoms with Crippen LogP contribution in [-0.4, -0.2) is 36.9 Å². The van der Waals surface area contributed by atoms with E-state index in [1.807, 2.05) is 0 Å². The number of sulfonamides is 1. The minimum atomic E-state index is -3.85. The molecule has 1 heterocycles. The maximum atomic E-state index is 11.6. The minimum Gasteiger partial charge on any atom is -0.383 e. The van der Waals surface area contributed by atoms with Crippen molar-refractivity contribution in [1.29, 1.82) is 0 Å². The fourth-order valence-corrected chi connectivity index (χ4v) is 4.39. The molecule has 112 valence electrons. The van der Waals surface area contributed by atoms with Crippen LogP contribution in [0, 0.1) is 11.8 Å². The third kappa shape index (κ3) is 2.36. The Labute approximate surface area is 118 Å². The number of nitrogens with two attached hydrogens (primary N) is 1. The van der Waals surface area contributed by atoms with Gasteiger partial charge in [-0.3, -0.25) is 4.57 Å². The van der Waals surface area contributed by atoms with Gasteiger partial charge in [-0.2, -0.15) is 0 Å². The number of aromatic nitrogens is 3. The highest BCUT2D eigenvalue weighted by Gasteiger charge is 2.43. The summed E-state index contributed by atoms with van der Waals surface area (Å²) in [6.07, 6.45) is 4.81. The molecule has 3 rings (SSSR count). The highest BCUT2D eigenvalue weighted by molar-refractivity contribution is 7.89. The van der Waals surface area contributed by atoms with Gasteiger partial charge >= 0.3 is 0 Å². The number of hydrogen-bond donors (Lipinski definition) is 1. The summed E-state index contributed by atoms with van der Waals surface area (Å²) in [4.78, 5) is 0. The Balaban J connectivity index is 1.96. The Morgan fingerprint density at radius 1 is 1.35 bits per heavy atom. The largest absolute Gasteiger partial charge is 0.383 e. The lowest BCUT2D eigenvalue weighted by atomic mass is 9.88. The fraction of sp³-hybridized carbons (Fsp3) is 0.833. The first-order valence-electron chi connectivity index (χ1n) is 6.95. The number of fused-ring (bicyclic) bond motifs is 2. The standard InChI is InChI=1S/C12H20N4O3S/c1-19-5-4-16-11(14-15-12(16)20(13,17)18)10-7-8-2-3-9(10)6-8/h8-10H,2-7H2,1H3,(H2,13,17,18). The smallest absolute Gasteiger partial charge is 0.273 e. The van der Waals surface area contributed by atoms with Crippen molar-refractivity contribution in [3.63, 3.8) is 0 Å². The van der Waals surface area contributed by atoms with Gasteiger partial charge in [0, 0.05) is 19.6 Å². The van der Waals surface area contributed by atoms with Crippen molar-refractivity contribution in [3.8, 4) is 0 Å². The molecule has 2 N–H and O–H groups in total. The first-order valence-corrected chi connectivity index (χ1v) is 8.50. The Morgan fingerprint density at radius 3 is 2.70 bits per heavy atom. The number of methoxy groups -OCH3 is 1. The molecule has 2 aliphatic carbocycles. The van der Waals surface area contributed by atoms with Crippen LogP contribution in [0.1, 0.15) is 37.4 Å². The maximum absolute atomic E-state index is 11.6. The van der Waals surface area contributed by atoms with Crippen molar-refractivity contribution in [2.75, 3.05) is 13.7 Å². The Morgan fingerprint density at radius 2 is 2.15 bits per heavy atom. The molecule has 3 atom stereocenters. The molecule has 0 aliphatic heterocycles. The van der Waals surface area contributed by atoms with E-state index >= 15 is 0 Å². The van der Waals surface area contributed by atoms with Gasteiger partial charge in [0.25, 0.3) is 15.2 Å². The van der Waals surface area contributed by atoms with E-state index in [-0.39, 0.29) is 5.16 Å². The summed E-state index contributed by atoms with van der Waals surface area (Å²) in [6, 6.07) is 0. The molecule has 20 heavy (non-hydrogen) atoms. The average Bonchev–Trinajstić information content (AvgIpc) is 3.08. The Bertz CT molecular complexity index is 598. The lowest BCUT2D eigenvalue weighted by Crippen LogP contribution is -2.23. The van der Waals surface area contributed by atoms with Gasteiger partial charge in [0.15, 0.2) is 0 Å². The molecule has 0 amide bonds. The summed E-state index contributed by atoms with van der Waals surface area (Å²) in [5, 5.41) is 13.0. The summed E-state index contributed by atoms with van der Waals surface area (Å²) in [5.41, 5.74) is 0. The van der Waals surface area contributed by atoms with Crippen LogP contribution in [0.3, 0.4) is 0 Å². The Kier molecular flexibility index (Phi) is 3.55. The molecule has 7 nitrogen and oxygen atoms in total. The van der Waals surface area contributed by atoms with Gasteiger partial charge in [0.1, 0.15) is 5.82 Å². The molecule has 1 aromatic heterocycles. The molecule has 0 aromatic carbocycles. The topological polar surface area (TPSA) is 100 Å². The molecule has 0 saturated heterocycles. The van der Waals surface area contributed by atoms with E-state index in [4.69, 9.17) is 9.88 Å². The summed E-state index contributed by atoms with van der Waals surface area (Å²) >= 11 is 0. The van der Waals surface area contributed by atoms with Crippen LogP contribution in [0.4, 0.5) is 0 Å². The van der Waals surface area contributed by atoms with Crippen molar-refractivity contribution in [2.45, 2.75) is 43.3 Å². The van der Waals surface area contributed by atoms with Crippen LogP contribution in [0.25, 0.3) is 0 Å². The highest BCUT2D eigenvalue weighted by Crippen LogP contribution is 2.52. The third-order valence-electron chi connectivity index (χ3n) is 4.59. The monoisotopic (exact) mass is 300 g/mol. The second-order valence-corrected chi connectivity index (χ2v) is 7.27. The predicted octanol–water partition coefficient (Wildman–Crippen LogP) is 0.476. The molecule has 3 unspecified atom stereocenters. The number of hydrogen-bond acceptors (Lipinski definition) is 5. The zero-order valence-electron chi connectivity index (χ0n) is 11.5. The van der Waals surface area contributed by atoms with Crippen molar-refractivity contribution in [2.24, 2.45) is 17.0 Å². The second-order valence-electron chi connectivity index (χ2n) is 5.81. The van der Waals surface area contributed by atoms with Crippen LogP contribution >= 0.6 is 0 Å². The van der Waals surface area contributed by atoms with Gasteiger partial charge < -0.3 is 4.74 Å². The van der Waals surface area contributed by atoms with Gasteiger partial charge in [-0.1, -0.05) is 6.42 Å². The lowest BCUT2D eigenvalue weighted by molar-refractivity contribution is 0.182. The highest BCUT2D eigenvalue weighted by atomic mass is 32.2. The van der Waals surface area contributed by atoms with Crippen LogP contribution < -0.4 is 5.14 Å². The number of primary sulfonamides is 1. The van der Waals surface area contributed by atoms with Crippen molar-refractivity contribution in [3.05, 3.63) is 5.82 Å². The van der Waals surface area contributed by atoms with Crippen LogP contribution in [0.2, 0.25) is 0 Å². The van der Waals surface area contributed by atoms with Gasteiger partial charge in [-0.15, -0.1) is 10.2 Å². The zero-order chi connectivity index (χ0) is 14.3. The Hall–Kier alpha value is -0.990. The average molecular weight is 300 g/mol. The van der Waals surface area contributed by atoms with E-state index in [1.165, 1.54) is 19.3 Å². The SMILES string of the molecule is COCCn1c(C2CC3CCC2C3)nnc1S(N)(=O)=O. The molecule has 1 aromatic rings. The summed E-state index contributed by atoms with van der Waals surface area (Å²) in [5.74, 6) is 2.45. The number of ether oxygens (including phenoxy) is 1. The van der Waals surface area contributed by atoms with E-state index in [1.54, 1.807) is 11.7 Å². The third-order valence-corrected chi connectivity index (χ3v) is 5.40. The predicted molar refractivity (Wildman–Crippen MR) is 71.5 cm³/mol. The molecular weight excluding hydrogens is 280 g/mol. The first-order chi connectivity index (χ1) is 9.50. The molecule has 2 fully saturated rings. The van der Waals surface area contributed by atoms with Gasteiger partial charge in [-0.25, -0.2) is 13.6 Å². The van der Waals surface area contributed by atoms with Gasteiger partial charge in [0.05, 0.1) is 6.61 Å². The summed E-state index contributed by atoms with van der Waals surface area (Å²) < 4.78 is 29.9. The number of rotatable bonds is 5. The quantitative estimate of drug-likeness (QED) is 0.852. The van der Waals surface area contributed by atoms with E-state index in [0.29, 0.717) is 25.0 Å². The van der Waals surface area contributed by atoms with E-state index in [0.717, 1.165) is 18.2 Å². The van der Waals surface area contributed by atoms with Gasteiger partial charge in [0.2, 0.25) is 0 Å². The lowest BCUT2D eigenvalue weighted by Gasteiger charge is -2.21. The van der Waals surface area contributed by atoms with E-state index in [2.05, 4.69) is 10.2 Å². The summed E-state index contributed by atoms with van der Waals surface area (Å²) in [6.45, 7) is 0.826. The van der Waals surface area contributed by atoms with Crippen molar-refractivity contribution >= 4 is 10.0 Å². The van der Waals surface area contributed by atoms with Crippen molar-refractivity contribution < 1.29 is 13.2 Å². The molecular formula is C12H20N4O3S. The number of nitrogens with zero attached hydrogens (tertiary/aromatic N) is 3. The summed E-state index contributed by atoms with van der Waals surface area (Å²) in [7, 11) is -2.27. The van der Waals surface area contributed by atoms with Crippen LogP contribution in [0.15, 0.2) is 5.16 Å².